The lowest BCUT2D eigenvalue weighted by Gasteiger charge is -2.33. The second-order valence-corrected chi connectivity index (χ2v) is 7.26. The number of rotatable bonds is 3. The maximum atomic E-state index is 11.9. The molecule has 2 fully saturated rings. The highest BCUT2D eigenvalue weighted by Gasteiger charge is 2.65. The number of carbonyl (C=O) groups excluding carboxylic acids is 1. The summed E-state index contributed by atoms with van der Waals surface area (Å²) in [6.07, 6.45) is 6.57. The van der Waals surface area contributed by atoms with Crippen LogP contribution in [0, 0.1) is 0 Å². The molecule has 0 radical (unpaired) electrons. The van der Waals surface area contributed by atoms with Gasteiger partial charge in [-0.25, -0.2) is 4.79 Å². The summed E-state index contributed by atoms with van der Waals surface area (Å²) in [6, 6.07) is 0.750. The van der Waals surface area contributed by atoms with Crippen molar-refractivity contribution < 1.29 is 19.0 Å². The van der Waals surface area contributed by atoms with Crippen LogP contribution in [0.3, 0.4) is 0 Å². The molecule has 1 spiro atoms. The van der Waals surface area contributed by atoms with Crippen LogP contribution in [0.25, 0.3) is 0 Å². The Morgan fingerprint density at radius 1 is 1.43 bits per heavy atom. The third kappa shape index (κ3) is 1.76. The topological polar surface area (TPSA) is 48.0 Å². The van der Waals surface area contributed by atoms with Crippen LogP contribution >= 0.6 is 22.6 Å². The highest BCUT2D eigenvalue weighted by atomic mass is 127. The lowest BCUT2D eigenvalue weighted by molar-refractivity contribution is -0.151. The fraction of sp³-hybridized carbons (Fsp3) is 0.667. The standard InChI is InChI=1S/C15H18INO4/c1-19-14(20-2)11-3-4-12-15-7-8(17(11)12)5-10(16)9(15)6-13(18)21-15/h5-6,8,11-12,14H,3-4,7H2,1-2H3/t8-,11-,12-,15+/m1/s1. The van der Waals surface area contributed by atoms with Gasteiger partial charge in [0.1, 0.15) is 0 Å². The summed E-state index contributed by atoms with van der Waals surface area (Å²) in [4.78, 5) is 14.3. The molecule has 6 heteroatoms. The molecule has 0 unspecified atom stereocenters. The molecule has 3 heterocycles. The van der Waals surface area contributed by atoms with E-state index in [-0.39, 0.29) is 24.3 Å². The first-order chi connectivity index (χ1) is 10.1. The summed E-state index contributed by atoms with van der Waals surface area (Å²) in [6.45, 7) is 0. The fourth-order valence-corrected chi connectivity index (χ4v) is 5.65. The van der Waals surface area contributed by atoms with Crippen LogP contribution in [0.1, 0.15) is 19.3 Å². The molecule has 5 nitrogen and oxygen atoms in total. The molecule has 4 aliphatic rings. The maximum absolute atomic E-state index is 11.9. The summed E-state index contributed by atoms with van der Waals surface area (Å²) in [7, 11) is 3.37. The molecule has 0 amide bonds. The first kappa shape index (κ1) is 14.2. The number of halogens is 1. The van der Waals surface area contributed by atoms with Crippen molar-refractivity contribution in [2.75, 3.05) is 14.2 Å². The monoisotopic (exact) mass is 403 g/mol. The minimum Gasteiger partial charge on any atom is -0.449 e. The van der Waals surface area contributed by atoms with Gasteiger partial charge in [0.25, 0.3) is 0 Å². The average molecular weight is 403 g/mol. The van der Waals surface area contributed by atoms with Crippen molar-refractivity contribution in [3.63, 3.8) is 0 Å². The van der Waals surface area contributed by atoms with Crippen LogP contribution in [0.4, 0.5) is 0 Å². The van der Waals surface area contributed by atoms with E-state index in [2.05, 4.69) is 33.6 Å². The van der Waals surface area contributed by atoms with E-state index in [1.807, 2.05) is 0 Å². The molecule has 21 heavy (non-hydrogen) atoms. The molecular weight excluding hydrogens is 385 g/mol. The maximum Gasteiger partial charge on any atom is 0.332 e. The van der Waals surface area contributed by atoms with E-state index in [0.29, 0.717) is 6.04 Å². The van der Waals surface area contributed by atoms with Gasteiger partial charge in [0, 0.05) is 41.9 Å². The van der Waals surface area contributed by atoms with Crippen LogP contribution in [0.5, 0.6) is 0 Å². The summed E-state index contributed by atoms with van der Waals surface area (Å²) < 4.78 is 17.9. The first-order valence-electron chi connectivity index (χ1n) is 7.26. The van der Waals surface area contributed by atoms with Gasteiger partial charge in [0.15, 0.2) is 11.9 Å². The van der Waals surface area contributed by atoms with Crippen molar-refractivity contribution in [3.8, 4) is 0 Å². The molecule has 2 saturated heterocycles. The van der Waals surface area contributed by atoms with E-state index in [9.17, 15) is 4.79 Å². The van der Waals surface area contributed by atoms with Crippen molar-refractivity contribution >= 4 is 28.6 Å². The second-order valence-electron chi connectivity index (χ2n) is 6.10. The lowest BCUT2D eigenvalue weighted by atomic mass is 9.81. The largest absolute Gasteiger partial charge is 0.449 e. The van der Waals surface area contributed by atoms with E-state index in [4.69, 9.17) is 14.2 Å². The molecular formula is C15H18INO4. The molecule has 0 saturated carbocycles. The quantitative estimate of drug-likeness (QED) is 0.409. The first-order valence-corrected chi connectivity index (χ1v) is 8.34. The molecule has 0 aromatic carbocycles. The Bertz CT molecular complexity index is 556. The summed E-state index contributed by atoms with van der Waals surface area (Å²) >= 11 is 2.32. The van der Waals surface area contributed by atoms with Crippen LogP contribution < -0.4 is 0 Å². The SMILES string of the molecule is COC(OC)[C@H]1CC[C@H]2N1[C@@H]1C=C(I)C3=CC(=O)O[C@@]32C1. The van der Waals surface area contributed by atoms with E-state index < -0.39 is 5.60 Å². The number of carbonyl (C=O) groups is 1. The Hall–Kier alpha value is -0.440. The van der Waals surface area contributed by atoms with Gasteiger partial charge >= 0.3 is 5.97 Å². The number of methoxy groups -OCH3 is 2. The van der Waals surface area contributed by atoms with Crippen LogP contribution in [0.15, 0.2) is 21.3 Å². The second kappa shape index (κ2) is 4.78. The highest BCUT2D eigenvalue weighted by molar-refractivity contribution is 14.1. The van der Waals surface area contributed by atoms with E-state index >= 15 is 0 Å². The average Bonchev–Trinajstić information content (AvgIpc) is 3.08. The number of fused-ring (bicyclic) bond motifs is 3. The lowest BCUT2D eigenvalue weighted by Crippen LogP contribution is -2.48. The Kier molecular flexibility index (Phi) is 3.22. The highest BCUT2D eigenvalue weighted by Crippen LogP contribution is 2.57. The molecule has 1 aliphatic carbocycles. The zero-order chi connectivity index (χ0) is 14.8. The van der Waals surface area contributed by atoms with Crippen LogP contribution in [0.2, 0.25) is 0 Å². The van der Waals surface area contributed by atoms with Crippen molar-refractivity contribution in [1.29, 1.82) is 0 Å². The number of hydrogen-bond acceptors (Lipinski definition) is 5. The minimum atomic E-state index is -0.437. The summed E-state index contributed by atoms with van der Waals surface area (Å²) in [5.41, 5.74) is 0.636. The molecule has 0 aromatic rings. The number of esters is 1. The molecule has 0 N–H and O–H groups in total. The van der Waals surface area contributed by atoms with Gasteiger partial charge in [0.2, 0.25) is 0 Å². The molecule has 4 rings (SSSR count). The molecule has 4 atom stereocenters. The summed E-state index contributed by atoms with van der Waals surface area (Å²) in [5.74, 6) is -0.200. The van der Waals surface area contributed by atoms with Crippen molar-refractivity contribution in [2.45, 2.75) is 49.3 Å². The van der Waals surface area contributed by atoms with Gasteiger partial charge in [-0.3, -0.25) is 4.90 Å². The normalized spacial score (nSPS) is 41.0. The zero-order valence-corrected chi connectivity index (χ0v) is 14.2. The van der Waals surface area contributed by atoms with Crippen molar-refractivity contribution in [2.24, 2.45) is 0 Å². The van der Waals surface area contributed by atoms with E-state index in [1.54, 1.807) is 20.3 Å². The smallest absolute Gasteiger partial charge is 0.332 e. The van der Waals surface area contributed by atoms with Crippen LogP contribution in [-0.4, -0.2) is 55.1 Å². The Morgan fingerprint density at radius 2 is 2.19 bits per heavy atom. The molecule has 3 aliphatic heterocycles. The van der Waals surface area contributed by atoms with Crippen LogP contribution in [-0.2, 0) is 19.0 Å². The minimum absolute atomic E-state index is 0.200. The fourth-order valence-electron chi connectivity index (χ4n) is 4.63. The molecule has 2 bridgehead atoms. The molecule has 0 aromatic heterocycles. The van der Waals surface area contributed by atoms with Gasteiger partial charge in [-0.05, 0) is 35.4 Å². The molecule has 114 valence electrons. The third-order valence-corrected chi connectivity index (χ3v) is 6.23. The Labute approximate surface area is 137 Å². The summed E-state index contributed by atoms with van der Waals surface area (Å²) in [5, 5.41) is 0. The van der Waals surface area contributed by atoms with Crippen molar-refractivity contribution in [1.82, 2.24) is 4.90 Å². The van der Waals surface area contributed by atoms with Gasteiger partial charge < -0.3 is 14.2 Å². The van der Waals surface area contributed by atoms with Crippen molar-refractivity contribution in [3.05, 3.63) is 21.3 Å². The Morgan fingerprint density at radius 3 is 2.90 bits per heavy atom. The Balaban J connectivity index is 1.75. The van der Waals surface area contributed by atoms with E-state index in [1.165, 1.54) is 0 Å². The van der Waals surface area contributed by atoms with Gasteiger partial charge in [-0.2, -0.15) is 0 Å². The van der Waals surface area contributed by atoms with E-state index in [0.717, 1.165) is 28.4 Å². The third-order valence-electron chi connectivity index (χ3n) is 5.29. The van der Waals surface area contributed by atoms with Gasteiger partial charge in [-0.15, -0.1) is 0 Å². The zero-order valence-electron chi connectivity index (χ0n) is 12.0. The number of hydrogen-bond donors (Lipinski definition) is 0. The van der Waals surface area contributed by atoms with Gasteiger partial charge in [-0.1, -0.05) is 6.08 Å². The van der Waals surface area contributed by atoms with Gasteiger partial charge in [0.05, 0.1) is 12.1 Å². The number of ether oxygens (including phenoxy) is 3. The predicted molar refractivity (Wildman–Crippen MR) is 83.9 cm³/mol. The number of nitrogens with zero attached hydrogens (tertiary/aromatic N) is 1. The predicted octanol–water partition coefficient (Wildman–Crippen LogP) is 1.77.